The van der Waals surface area contributed by atoms with E-state index < -0.39 is 59.7 Å². The van der Waals surface area contributed by atoms with Crippen LogP contribution in [0.25, 0.3) is 0 Å². The molecule has 0 aliphatic rings. The van der Waals surface area contributed by atoms with Gasteiger partial charge in [-0.2, -0.15) is 0 Å². The van der Waals surface area contributed by atoms with E-state index in [0.717, 1.165) is 0 Å². The average molecular weight is 897 g/mol. The first-order chi connectivity index (χ1) is 22.7. The third kappa shape index (κ3) is 51.2. The Morgan fingerprint density at radius 2 is 0.392 bits per heavy atom. The monoisotopic (exact) mass is 896 g/mol. The van der Waals surface area contributed by atoms with Gasteiger partial charge in [0.15, 0.2) is 0 Å². The molecule has 0 unspecified atom stereocenters. The summed E-state index contributed by atoms with van der Waals surface area (Å²) >= 11 is 0. The Bertz CT molecular complexity index is 1090. The van der Waals surface area contributed by atoms with Gasteiger partial charge < -0.3 is 75.0 Å². The van der Waals surface area contributed by atoms with Crippen LogP contribution >= 0.6 is 0 Å². The van der Waals surface area contributed by atoms with Crippen LogP contribution in [-0.4, -0.2) is 85.2 Å². The zero-order valence-electron chi connectivity index (χ0n) is 26.9. The summed E-state index contributed by atoms with van der Waals surface area (Å²) in [6.45, 7) is 15.5. The van der Waals surface area contributed by atoms with Gasteiger partial charge in [0.25, 0.3) is 0 Å². The van der Waals surface area contributed by atoms with Crippen molar-refractivity contribution in [2.45, 2.75) is 64.2 Å². The number of hydrogen-bond donors (Lipinski definition) is 5. The fourth-order valence-corrected chi connectivity index (χ4v) is 1.80. The van der Waals surface area contributed by atoms with E-state index in [2.05, 4.69) is 32.9 Å². The Morgan fingerprint density at radius 1 is 0.294 bits per heavy atom. The van der Waals surface area contributed by atoms with Gasteiger partial charge in [0.1, 0.15) is 0 Å². The van der Waals surface area contributed by atoms with Gasteiger partial charge in [0.05, 0.1) is 29.8 Å². The molecule has 0 aromatic rings. The number of carbonyl (C=O) groups is 10. The largest absolute Gasteiger partial charge is 5.00 e. The third-order valence-electron chi connectivity index (χ3n) is 4.65. The van der Waals surface area contributed by atoms with Gasteiger partial charge in [-0.05, 0) is 60.0 Å². The molecule has 20 nitrogen and oxygen atoms in total. The maximum atomic E-state index is 9.91. The van der Waals surface area contributed by atoms with E-state index >= 15 is 0 Å². The molecule has 0 aromatic carbocycles. The van der Waals surface area contributed by atoms with E-state index in [1.807, 2.05) is 0 Å². The molecule has 21 heteroatoms. The van der Waals surface area contributed by atoms with E-state index in [1.54, 1.807) is 0 Å². The van der Waals surface area contributed by atoms with Crippen molar-refractivity contribution >= 4 is 59.7 Å². The van der Waals surface area contributed by atoms with Crippen LogP contribution in [0.3, 0.4) is 0 Å². The van der Waals surface area contributed by atoms with Crippen molar-refractivity contribution in [2.75, 3.05) is 0 Å². The molecule has 0 saturated carbocycles. The van der Waals surface area contributed by atoms with Crippen molar-refractivity contribution in [3.05, 3.63) is 60.8 Å². The Hall–Kier alpha value is -5.86. The Balaban J connectivity index is -0.000000123. The number of carboxylic acid groups (broad SMARTS) is 10. The second kappa shape index (κ2) is 34.0. The van der Waals surface area contributed by atoms with Crippen LogP contribution in [0.2, 0.25) is 0 Å². The second-order valence-electron chi connectivity index (χ2n) is 8.92. The molecule has 0 amide bonds. The summed E-state index contributed by atoms with van der Waals surface area (Å²) in [6.07, 6.45) is -1.37. The molecule has 0 spiro atoms. The van der Waals surface area contributed by atoms with Crippen LogP contribution in [0.15, 0.2) is 60.8 Å². The molecule has 0 rings (SSSR count). The smallest absolute Gasteiger partial charge is 0.545 e. The van der Waals surface area contributed by atoms with E-state index in [9.17, 15) is 73.5 Å². The molecule has 0 aromatic heterocycles. The zero-order chi connectivity index (χ0) is 40.7. The minimum Gasteiger partial charge on any atom is -0.545 e. The van der Waals surface area contributed by atoms with Crippen LogP contribution in [0.4, 0.5) is 0 Å². The molecular formula is C30H35O20Ta. The summed E-state index contributed by atoms with van der Waals surface area (Å²) in [4.78, 5) is 98.9. The Kier molecular flexibility index (Phi) is 38.3. The Morgan fingerprint density at radius 3 is 0.451 bits per heavy atom. The molecule has 5 N–H and O–H groups in total. The first kappa shape index (κ1) is 57.4. The fraction of sp³-hybridized carbons (Fsp3) is 0.333. The number of carbonyl (C=O) groups excluding carboxylic acids is 5. The van der Waals surface area contributed by atoms with Crippen molar-refractivity contribution in [1.82, 2.24) is 0 Å². The number of rotatable bonds is 20. The summed E-state index contributed by atoms with van der Waals surface area (Å²) in [5, 5.41) is 90.0. The van der Waals surface area contributed by atoms with Crippen molar-refractivity contribution in [2.24, 2.45) is 0 Å². The molecule has 0 atom stereocenters. The van der Waals surface area contributed by atoms with Gasteiger partial charge in [-0.3, -0.25) is 24.0 Å². The van der Waals surface area contributed by atoms with Gasteiger partial charge in [-0.1, -0.05) is 32.9 Å². The molecule has 0 heterocycles. The molecule has 51 heavy (non-hydrogen) atoms. The minimum atomic E-state index is -1.39. The number of aliphatic carboxylic acids is 10. The maximum Gasteiger partial charge on any atom is 5.00 e. The van der Waals surface area contributed by atoms with Gasteiger partial charge in [0, 0.05) is 32.1 Å². The zero-order valence-corrected chi connectivity index (χ0v) is 30.1. The van der Waals surface area contributed by atoms with Crippen molar-refractivity contribution < 1.29 is 121 Å². The predicted octanol–water partition coefficient (Wildman–Crippen LogP) is -4.22. The summed E-state index contributed by atoms with van der Waals surface area (Å²) in [5.41, 5.74) is -0.892. The molecule has 0 radical (unpaired) electrons. The van der Waals surface area contributed by atoms with Gasteiger partial charge in [0.2, 0.25) is 0 Å². The fourth-order valence-electron chi connectivity index (χ4n) is 1.80. The van der Waals surface area contributed by atoms with Crippen molar-refractivity contribution in [3.63, 3.8) is 0 Å². The standard InChI is InChI=1S/5C6H8O4.Ta/c5*1-4(6(9)10)2-3-5(7)8;/h5*1-3H2,(H,7,8)(H,9,10);/q;;;;;+5/p-5. The van der Waals surface area contributed by atoms with Crippen molar-refractivity contribution in [3.8, 4) is 0 Å². The summed E-state index contributed by atoms with van der Waals surface area (Å²) in [5.74, 6) is -12.1. The van der Waals surface area contributed by atoms with E-state index in [1.165, 1.54) is 0 Å². The summed E-state index contributed by atoms with van der Waals surface area (Å²) < 4.78 is 0. The number of hydrogen-bond acceptors (Lipinski definition) is 15. The van der Waals surface area contributed by atoms with Gasteiger partial charge in [-0.25, -0.2) is 0 Å². The third-order valence-corrected chi connectivity index (χ3v) is 4.65. The summed E-state index contributed by atoms with van der Waals surface area (Å²) in [6, 6.07) is 0. The topological polar surface area (TPSA) is 387 Å². The predicted molar refractivity (Wildman–Crippen MR) is 155 cm³/mol. The quantitative estimate of drug-likeness (QED) is 0.0723. The minimum absolute atomic E-state index is 0. The molecule has 280 valence electrons. The molecule has 0 saturated heterocycles. The van der Waals surface area contributed by atoms with Crippen LogP contribution in [0, 0.1) is 0 Å². The molecule has 0 bridgehead atoms. The molecule has 0 aliphatic carbocycles. The van der Waals surface area contributed by atoms with Crippen LogP contribution < -0.4 is 25.5 Å². The Labute approximate surface area is 305 Å². The van der Waals surface area contributed by atoms with Gasteiger partial charge in [-0.15, -0.1) is 0 Å². The van der Waals surface area contributed by atoms with E-state index in [0.29, 0.717) is 0 Å². The first-order valence-corrected chi connectivity index (χ1v) is 13.2. The van der Waals surface area contributed by atoms with E-state index in [4.69, 9.17) is 25.5 Å². The SMILES string of the molecule is C=C(CCC(=O)O)C(=O)[O-].C=C(CCC(=O)O)C(=O)[O-].C=C(CCC(=O)O)C(=O)[O-].C=C(CCC(=O)O)C(=O)[O-].C=C(CCC(=O)O)C(=O)[O-].[Ta+5]. The molecule has 0 fully saturated rings. The maximum absolute atomic E-state index is 9.91. The average Bonchev–Trinajstić information content (AvgIpc) is 2.99. The van der Waals surface area contributed by atoms with Gasteiger partial charge >= 0.3 is 52.2 Å². The summed E-state index contributed by atoms with van der Waals surface area (Å²) in [7, 11) is 0. The van der Waals surface area contributed by atoms with Crippen LogP contribution in [0.5, 0.6) is 0 Å². The second-order valence-corrected chi connectivity index (χ2v) is 8.92. The van der Waals surface area contributed by atoms with Crippen LogP contribution in [-0.2, 0) is 70.3 Å². The number of carboxylic acids is 10. The normalized spacial score (nSPS) is 8.63. The van der Waals surface area contributed by atoms with Crippen LogP contribution in [0.1, 0.15) is 64.2 Å². The van der Waals surface area contributed by atoms with E-state index in [-0.39, 0.29) is 114 Å². The van der Waals surface area contributed by atoms with Crippen molar-refractivity contribution in [1.29, 1.82) is 0 Å². The first-order valence-electron chi connectivity index (χ1n) is 13.2. The molecular weight excluding hydrogens is 861 g/mol. The molecule has 0 aliphatic heterocycles.